The Morgan fingerprint density at radius 1 is 1.00 bits per heavy atom. The summed E-state index contributed by atoms with van der Waals surface area (Å²) in [6.45, 7) is 2.52. The molecule has 136 valence electrons. The molecule has 0 aliphatic carbocycles. The predicted molar refractivity (Wildman–Crippen MR) is 108 cm³/mol. The molecular weight excluding hydrogens is 336 g/mol. The molecule has 0 spiro atoms. The maximum Gasteiger partial charge on any atom is 0.258 e. The molecule has 1 N–H and O–H groups in total. The van der Waals surface area contributed by atoms with Crippen molar-refractivity contribution in [1.29, 1.82) is 0 Å². The van der Waals surface area contributed by atoms with Gasteiger partial charge >= 0.3 is 0 Å². The summed E-state index contributed by atoms with van der Waals surface area (Å²) < 4.78 is 0. The zero-order valence-electron chi connectivity index (χ0n) is 15.3. The van der Waals surface area contributed by atoms with E-state index in [2.05, 4.69) is 5.32 Å². The minimum absolute atomic E-state index is 0.00808. The minimum atomic E-state index is -0.0230. The minimum Gasteiger partial charge on any atom is -0.350 e. The first-order chi connectivity index (χ1) is 13.1. The first-order valence-electron chi connectivity index (χ1n) is 9.33. The maximum absolute atomic E-state index is 12.7. The van der Waals surface area contributed by atoms with Crippen molar-refractivity contribution in [2.75, 3.05) is 11.4 Å². The van der Waals surface area contributed by atoms with Crippen LogP contribution in [0.5, 0.6) is 0 Å². The fourth-order valence-corrected chi connectivity index (χ4v) is 3.74. The van der Waals surface area contributed by atoms with Crippen LogP contribution in [0.4, 0.5) is 5.69 Å². The molecule has 4 nitrogen and oxygen atoms in total. The number of hydrogen-bond donors (Lipinski definition) is 1. The van der Waals surface area contributed by atoms with Gasteiger partial charge in [0.05, 0.1) is 11.7 Å². The second kappa shape index (κ2) is 7.23. The standard InChI is InChI=1S/C23H22N2O2/c1-16(17-8-3-2-4-9-17)24-21(26)14-7-15-25-20-13-6-11-18-10-5-12-19(22(18)20)23(25)27/h2-6,8-13,16H,7,14-15H2,1H3,(H,24,26)/t16-/m0/s1. The van der Waals surface area contributed by atoms with Gasteiger partial charge in [-0.25, -0.2) is 0 Å². The number of benzene rings is 3. The summed E-state index contributed by atoms with van der Waals surface area (Å²) in [4.78, 5) is 26.8. The lowest BCUT2D eigenvalue weighted by atomic mass is 10.1. The summed E-state index contributed by atoms with van der Waals surface area (Å²) in [7, 11) is 0. The predicted octanol–water partition coefficient (Wildman–Crippen LogP) is 4.46. The largest absolute Gasteiger partial charge is 0.350 e. The first kappa shape index (κ1) is 17.3. The summed E-state index contributed by atoms with van der Waals surface area (Å²) in [5.41, 5.74) is 2.79. The monoisotopic (exact) mass is 358 g/mol. The number of nitrogens with zero attached hydrogens (tertiary/aromatic N) is 1. The quantitative estimate of drug-likeness (QED) is 0.707. The highest BCUT2D eigenvalue weighted by atomic mass is 16.2. The summed E-state index contributed by atoms with van der Waals surface area (Å²) >= 11 is 0. The zero-order chi connectivity index (χ0) is 18.8. The van der Waals surface area contributed by atoms with Gasteiger partial charge in [-0.1, -0.05) is 54.6 Å². The lowest BCUT2D eigenvalue weighted by molar-refractivity contribution is -0.121. The van der Waals surface area contributed by atoms with Gasteiger partial charge in [0.15, 0.2) is 0 Å². The Morgan fingerprint density at radius 3 is 2.52 bits per heavy atom. The Hall–Kier alpha value is -3.14. The third-order valence-electron chi connectivity index (χ3n) is 5.11. The number of hydrogen-bond acceptors (Lipinski definition) is 2. The van der Waals surface area contributed by atoms with Crippen LogP contribution in [0, 0.1) is 0 Å². The van der Waals surface area contributed by atoms with Crippen molar-refractivity contribution < 1.29 is 9.59 Å². The molecule has 1 aliphatic rings. The van der Waals surface area contributed by atoms with Gasteiger partial charge in [0.1, 0.15) is 0 Å². The molecule has 1 atom stereocenters. The number of nitrogens with one attached hydrogen (secondary N) is 1. The van der Waals surface area contributed by atoms with Gasteiger partial charge < -0.3 is 10.2 Å². The highest BCUT2D eigenvalue weighted by Gasteiger charge is 2.29. The Kier molecular flexibility index (Phi) is 4.63. The van der Waals surface area contributed by atoms with Crippen LogP contribution >= 0.6 is 0 Å². The van der Waals surface area contributed by atoms with E-state index in [0.717, 1.165) is 27.6 Å². The highest BCUT2D eigenvalue weighted by Crippen LogP contribution is 2.37. The van der Waals surface area contributed by atoms with E-state index >= 15 is 0 Å². The Labute approximate surface area is 158 Å². The summed E-state index contributed by atoms with van der Waals surface area (Å²) in [6, 6.07) is 21.7. The molecular formula is C23H22N2O2. The van der Waals surface area contributed by atoms with Crippen molar-refractivity contribution in [3.05, 3.63) is 77.9 Å². The molecule has 0 radical (unpaired) electrons. The Morgan fingerprint density at radius 2 is 1.74 bits per heavy atom. The number of carbonyl (C=O) groups is 2. The average molecular weight is 358 g/mol. The Balaban J connectivity index is 1.37. The van der Waals surface area contributed by atoms with Crippen LogP contribution < -0.4 is 10.2 Å². The molecule has 0 aromatic heterocycles. The van der Waals surface area contributed by atoms with E-state index in [4.69, 9.17) is 0 Å². The highest BCUT2D eigenvalue weighted by molar-refractivity contribution is 6.25. The van der Waals surface area contributed by atoms with E-state index in [1.165, 1.54) is 0 Å². The summed E-state index contributed by atoms with van der Waals surface area (Å²) in [5, 5.41) is 5.13. The molecule has 0 fully saturated rings. The Bertz CT molecular complexity index is 992. The first-order valence-corrected chi connectivity index (χ1v) is 9.33. The number of anilines is 1. The SMILES string of the molecule is C[C@H](NC(=O)CCCN1C(=O)c2cccc3cccc1c23)c1ccccc1. The number of rotatable bonds is 6. The van der Waals surface area contributed by atoms with Crippen molar-refractivity contribution in [3.63, 3.8) is 0 Å². The average Bonchev–Trinajstić information content (AvgIpc) is 2.97. The smallest absolute Gasteiger partial charge is 0.258 e. The molecule has 2 amide bonds. The van der Waals surface area contributed by atoms with Crippen LogP contribution in [0.3, 0.4) is 0 Å². The lowest BCUT2D eigenvalue weighted by Crippen LogP contribution is -2.30. The van der Waals surface area contributed by atoms with Gasteiger partial charge in [0, 0.05) is 23.9 Å². The third-order valence-corrected chi connectivity index (χ3v) is 5.11. The lowest BCUT2D eigenvalue weighted by Gasteiger charge is -2.18. The molecule has 3 aromatic rings. The van der Waals surface area contributed by atoms with Crippen molar-refractivity contribution >= 4 is 28.3 Å². The van der Waals surface area contributed by atoms with E-state index < -0.39 is 0 Å². The molecule has 4 heteroatoms. The van der Waals surface area contributed by atoms with Crippen molar-refractivity contribution in [2.24, 2.45) is 0 Å². The summed E-state index contributed by atoms with van der Waals surface area (Å²) in [6.07, 6.45) is 1.02. The maximum atomic E-state index is 12.7. The van der Waals surface area contributed by atoms with E-state index in [1.54, 1.807) is 4.90 Å². The summed E-state index contributed by atoms with van der Waals surface area (Å²) in [5.74, 6) is 0.0357. The van der Waals surface area contributed by atoms with Gasteiger partial charge in [-0.05, 0) is 36.4 Å². The van der Waals surface area contributed by atoms with Crippen LogP contribution in [-0.4, -0.2) is 18.4 Å². The molecule has 0 saturated heterocycles. The molecule has 0 bridgehead atoms. The van der Waals surface area contributed by atoms with Gasteiger partial charge in [-0.2, -0.15) is 0 Å². The molecule has 27 heavy (non-hydrogen) atoms. The van der Waals surface area contributed by atoms with Crippen molar-refractivity contribution in [1.82, 2.24) is 5.32 Å². The van der Waals surface area contributed by atoms with Crippen molar-refractivity contribution in [2.45, 2.75) is 25.8 Å². The fourth-order valence-electron chi connectivity index (χ4n) is 3.74. The van der Waals surface area contributed by atoms with Gasteiger partial charge in [-0.3, -0.25) is 9.59 Å². The van der Waals surface area contributed by atoms with Crippen LogP contribution in [-0.2, 0) is 4.79 Å². The van der Waals surface area contributed by atoms with Crippen LogP contribution in [0.1, 0.15) is 41.7 Å². The molecule has 1 aliphatic heterocycles. The van der Waals surface area contributed by atoms with E-state index in [1.807, 2.05) is 73.7 Å². The molecule has 0 saturated carbocycles. The third kappa shape index (κ3) is 3.31. The van der Waals surface area contributed by atoms with Gasteiger partial charge in [0.2, 0.25) is 5.91 Å². The van der Waals surface area contributed by atoms with Gasteiger partial charge in [-0.15, -0.1) is 0 Å². The number of carbonyl (C=O) groups excluding carboxylic acids is 2. The van der Waals surface area contributed by atoms with Gasteiger partial charge in [0.25, 0.3) is 5.91 Å². The van der Waals surface area contributed by atoms with Crippen LogP contribution in [0.25, 0.3) is 10.8 Å². The second-order valence-corrected chi connectivity index (χ2v) is 6.94. The fraction of sp³-hybridized carbons (Fsp3) is 0.217. The van der Waals surface area contributed by atoms with E-state index in [-0.39, 0.29) is 17.9 Å². The van der Waals surface area contributed by atoms with Crippen molar-refractivity contribution in [3.8, 4) is 0 Å². The number of amides is 2. The topological polar surface area (TPSA) is 49.4 Å². The molecule has 0 unspecified atom stereocenters. The van der Waals surface area contributed by atoms with Crippen LogP contribution in [0.2, 0.25) is 0 Å². The molecule has 1 heterocycles. The van der Waals surface area contributed by atoms with Crippen LogP contribution in [0.15, 0.2) is 66.7 Å². The molecule has 3 aromatic carbocycles. The zero-order valence-corrected chi connectivity index (χ0v) is 15.3. The molecule has 4 rings (SSSR count). The van der Waals surface area contributed by atoms with E-state index in [0.29, 0.717) is 19.4 Å². The van der Waals surface area contributed by atoms with E-state index in [9.17, 15) is 9.59 Å². The second-order valence-electron chi connectivity index (χ2n) is 6.94. The normalized spacial score (nSPS) is 13.8.